The molecule has 0 N–H and O–H groups in total. The maximum Gasteiger partial charge on any atom is 0.341 e. The fourth-order valence-corrected chi connectivity index (χ4v) is 4.27. The Labute approximate surface area is 203 Å². The molecule has 0 saturated heterocycles. The first-order chi connectivity index (χ1) is 16.7. The average molecular weight is 523 g/mol. The van der Waals surface area contributed by atoms with Gasteiger partial charge in [0.25, 0.3) is 5.91 Å². The molecule has 1 unspecified atom stereocenters. The number of halogens is 3. The van der Waals surface area contributed by atoms with Crippen molar-refractivity contribution in [2.45, 2.75) is 23.1 Å². The molecule has 1 aliphatic heterocycles. The summed E-state index contributed by atoms with van der Waals surface area (Å²) < 4.78 is 58.8. The lowest BCUT2D eigenvalue weighted by molar-refractivity contribution is -0.136. The SMILES string of the molecule is O=C(OCC(=O)N1N=C(c2ccc(Cl)cc2)CC1c1ccco1)c1ccc(S(=O)(=O)C(F)F)cc1. The molecular weight excluding hydrogens is 506 g/mol. The third-order valence-corrected chi connectivity index (χ3v) is 6.85. The zero-order valence-electron chi connectivity index (χ0n) is 17.8. The van der Waals surface area contributed by atoms with Gasteiger partial charge < -0.3 is 9.15 Å². The van der Waals surface area contributed by atoms with Crippen molar-refractivity contribution in [2.75, 3.05) is 6.61 Å². The molecular formula is C23H17ClF2N2O6S. The van der Waals surface area contributed by atoms with Crippen LogP contribution in [0.2, 0.25) is 5.02 Å². The van der Waals surface area contributed by atoms with E-state index in [1.165, 1.54) is 11.3 Å². The number of ether oxygens (including phenoxy) is 1. The summed E-state index contributed by atoms with van der Waals surface area (Å²) in [5.74, 6) is -4.65. The Morgan fingerprint density at radius 3 is 2.40 bits per heavy atom. The monoisotopic (exact) mass is 522 g/mol. The Hall–Kier alpha value is -3.57. The zero-order valence-corrected chi connectivity index (χ0v) is 19.4. The number of amides is 1. The molecule has 0 aliphatic carbocycles. The predicted octanol–water partition coefficient (Wildman–Crippen LogP) is 4.46. The Balaban J connectivity index is 1.47. The van der Waals surface area contributed by atoms with Crippen LogP contribution in [0, 0.1) is 0 Å². The molecule has 1 amide bonds. The van der Waals surface area contributed by atoms with Crippen LogP contribution in [0.4, 0.5) is 8.78 Å². The number of benzene rings is 2. The highest BCUT2D eigenvalue weighted by atomic mass is 35.5. The van der Waals surface area contributed by atoms with Crippen LogP contribution >= 0.6 is 11.6 Å². The molecule has 0 radical (unpaired) electrons. The molecule has 1 aliphatic rings. The number of carbonyl (C=O) groups is 2. The van der Waals surface area contributed by atoms with Crippen LogP contribution in [-0.4, -0.2) is 43.4 Å². The number of rotatable bonds is 7. The number of alkyl halides is 2. The molecule has 35 heavy (non-hydrogen) atoms. The molecule has 0 fully saturated rings. The minimum Gasteiger partial charge on any atom is -0.467 e. The van der Waals surface area contributed by atoms with Crippen LogP contribution < -0.4 is 0 Å². The number of carbonyl (C=O) groups excluding carboxylic acids is 2. The number of sulfone groups is 1. The molecule has 12 heteroatoms. The van der Waals surface area contributed by atoms with Crippen molar-refractivity contribution < 1.29 is 35.9 Å². The van der Waals surface area contributed by atoms with Gasteiger partial charge in [-0.15, -0.1) is 0 Å². The van der Waals surface area contributed by atoms with Crippen molar-refractivity contribution in [3.63, 3.8) is 0 Å². The van der Waals surface area contributed by atoms with Crippen molar-refractivity contribution >= 4 is 39.0 Å². The van der Waals surface area contributed by atoms with E-state index in [2.05, 4.69) is 5.10 Å². The van der Waals surface area contributed by atoms with E-state index in [9.17, 15) is 26.8 Å². The number of furan rings is 1. The van der Waals surface area contributed by atoms with E-state index in [0.29, 0.717) is 22.9 Å². The topological polar surface area (TPSA) is 106 Å². The highest BCUT2D eigenvalue weighted by Crippen LogP contribution is 2.33. The molecule has 2 aromatic carbocycles. The highest BCUT2D eigenvalue weighted by Gasteiger charge is 2.35. The fraction of sp³-hybridized carbons (Fsp3) is 0.174. The van der Waals surface area contributed by atoms with Gasteiger partial charge >= 0.3 is 11.7 Å². The van der Waals surface area contributed by atoms with Crippen molar-refractivity contribution in [1.82, 2.24) is 5.01 Å². The largest absolute Gasteiger partial charge is 0.467 e. The normalized spacial score (nSPS) is 15.8. The lowest BCUT2D eigenvalue weighted by Gasteiger charge is -2.19. The smallest absolute Gasteiger partial charge is 0.341 e. The van der Waals surface area contributed by atoms with Gasteiger partial charge in [-0.25, -0.2) is 18.2 Å². The Bertz CT molecular complexity index is 1360. The van der Waals surface area contributed by atoms with E-state index in [1.807, 2.05) is 0 Å². The predicted molar refractivity (Wildman–Crippen MR) is 121 cm³/mol. The summed E-state index contributed by atoms with van der Waals surface area (Å²) in [5.41, 5.74) is 1.26. The molecule has 1 atom stereocenters. The minimum absolute atomic E-state index is 0.111. The molecule has 8 nitrogen and oxygen atoms in total. The Morgan fingerprint density at radius 1 is 1.11 bits per heavy atom. The van der Waals surface area contributed by atoms with Crippen LogP contribution in [0.1, 0.15) is 34.1 Å². The van der Waals surface area contributed by atoms with E-state index in [1.54, 1.807) is 36.4 Å². The van der Waals surface area contributed by atoms with Gasteiger partial charge in [-0.3, -0.25) is 4.79 Å². The van der Waals surface area contributed by atoms with Gasteiger partial charge in [-0.1, -0.05) is 23.7 Å². The summed E-state index contributed by atoms with van der Waals surface area (Å²) in [7, 11) is -4.79. The second kappa shape index (κ2) is 9.96. The fourth-order valence-electron chi connectivity index (χ4n) is 3.42. The molecule has 1 aromatic heterocycles. The van der Waals surface area contributed by atoms with E-state index >= 15 is 0 Å². The molecule has 2 heterocycles. The van der Waals surface area contributed by atoms with Crippen molar-refractivity contribution in [2.24, 2.45) is 5.10 Å². The van der Waals surface area contributed by atoms with Crippen LogP contribution in [0.25, 0.3) is 0 Å². The van der Waals surface area contributed by atoms with E-state index in [4.69, 9.17) is 20.8 Å². The van der Waals surface area contributed by atoms with Gasteiger partial charge in [0.05, 0.1) is 22.4 Å². The maximum absolute atomic E-state index is 12.9. The Morgan fingerprint density at radius 2 is 1.80 bits per heavy atom. The number of nitrogens with zero attached hydrogens (tertiary/aromatic N) is 2. The van der Waals surface area contributed by atoms with E-state index in [-0.39, 0.29) is 5.56 Å². The zero-order chi connectivity index (χ0) is 25.2. The third kappa shape index (κ3) is 5.25. The van der Waals surface area contributed by atoms with Gasteiger partial charge in [0.2, 0.25) is 9.84 Å². The first-order valence-electron chi connectivity index (χ1n) is 10.1. The standard InChI is InChI=1S/C23H17ClF2N2O6S/c24-16-7-3-14(4-8-16)18-12-19(20-2-1-11-33-20)28(27-18)21(29)13-34-22(30)15-5-9-17(10-6-15)35(31,32)23(25)26/h1-11,19,23H,12-13H2. The first-order valence-corrected chi connectivity index (χ1v) is 12.1. The minimum atomic E-state index is -4.79. The van der Waals surface area contributed by atoms with Crippen LogP contribution in [0.5, 0.6) is 0 Å². The lowest BCUT2D eigenvalue weighted by Crippen LogP contribution is -2.31. The van der Waals surface area contributed by atoms with Crippen molar-refractivity contribution in [3.8, 4) is 0 Å². The molecule has 0 spiro atoms. The lowest BCUT2D eigenvalue weighted by atomic mass is 10.0. The number of esters is 1. The number of hydrogen-bond donors (Lipinski definition) is 0. The average Bonchev–Trinajstić information content (AvgIpc) is 3.53. The van der Waals surface area contributed by atoms with E-state index < -0.39 is 45.0 Å². The van der Waals surface area contributed by atoms with E-state index in [0.717, 1.165) is 29.8 Å². The van der Waals surface area contributed by atoms with Gasteiger partial charge in [0, 0.05) is 11.4 Å². The van der Waals surface area contributed by atoms with Gasteiger partial charge in [-0.05, 0) is 54.1 Å². The third-order valence-electron chi connectivity index (χ3n) is 5.19. The second-order valence-electron chi connectivity index (χ2n) is 7.43. The number of hydrogen-bond acceptors (Lipinski definition) is 7. The summed E-state index contributed by atoms with van der Waals surface area (Å²) in [6.07, 6.45) is 1.82. The summed E-state index contributed by atoms with van der Waals surface area (Å²) >= 11 is 5.94. The van der Waals surface area contributed by atoms with Crippen LogP contribution in [0.15, 0.2) is 81.3 Å². The summed E-state index contributed by atoms with van der Waals surface area (Å²) in [4.78, 5) is 24.6. The number of hydrazone groups is 1. The maximum atomic E-state index is 12.9. The second-order valence-corrected chi connectivity index (χ2v) is 9.79. The molecule has 0 saturated carbocycles. The first kappa shape index (κ1) is 24.6. The van der Waals surface area contributed by atoms with Gasteiger partial charge in [0.15, 0.2) is 6.61 Å². The van der Waals surface area contributed by atoms with Crippen LogP contribution in [-0.2, 0) is 19.4 Å². The van der Waals surface area contributed by atoms with Gasteiger partial charge in [-0.2, -0.15) is 13.9 Å². The van der Waals surface area contributed by atoms with Crippen LogP contribution in [0.3, 0.4) is 0 Å². The van der Waals surface area contributed by atoms with Crippen molar-refractivity contribution in [3.05, 3.63) is 88.8 Å². The molecule has 182 valence electrons. The highest BCUT2D eigenvalue weighted by molar-refractivity contribution is 7.91. The molecule has 4 rings (SSSR count). The molecule has 3 aromatic rings. The van der Waals surface area contributed by atoms with Crippen molar-refractivity contribution in [1.29, 1.82) is 0 Å². The summed E-state index contributed by atoms with van der Waals surface area (Å²) in [6, 6.07) is 13.6. The van der Waals surface area contributed by atoms with Gasteiger partial charge in [0.1, 0.15) is 11.8 Å². The summed E-state index contributed by atoms with van der Waals surface area (Å²) in [5, 5.41) is 6.12. The summed E-state index contributed by atoms with van der Waals surface area (Å²) in [6.45, 7) is -0.662. The molecule has 0 bridgehead atoms. The Kier molecular flexibility index (Phi) is 6.99. The quantitative estimate of drug-likeness (QED) is 0.424.